The second-order valence-corrected chi connectivity index (χ2v) is 8.42. The fraction of sp³-hybridized carbons (Fsp3) is 0.600. The lowest BCUT2D eigenvalue weighted by molar-refractivity contribution is -0.135. The van der Waals surface area contributed by atoms with Crippen LogP contribution in [0, 0.1) is 5.92 Å². The van der Waals surface area contributed by atoms with Crippen molar-refractivity contribution in [1.82, 2.24) is 9.80 Å². The third-order valence-corrected chi connectivity index (χ3v) is 6.18. The largest absolute Gasteiger partial charge is 0.341 e. The number of nitrogens with zero attached hydrogens (tertiary/aromatic N) is 2. The van der Waals surface area contributed by atoms with E-state index in [9.17, 15) is 9.59 Å². The molecule has 0 spiro atoms. The summed E-state index contributed by atoms with van der Waals surface area (Å²) in [5.41, 5.74) is 2.51. The van der Waals surface area contributed by atoms with Crippen LogP contribution in [0.2, 0.25) is 0 Å². The fourth-order valence-corrected chi connectivity index (χ4v) is 4.58. The van der Waals surface area contributed by atoms with E-state index in [2.05, 4.69) is 18.2 Å². The number of hydrogen-bond donors (Lipinski definition) is 0. The predicted molar refractivity (Wildman–Crippen MR) is 102 cm³/mol. The van der Waals surface area contributed by atoms with Crippen LogP contribution in [-0.4, -0.2) is 53.5 Å². The number of fused-ring (bicyclic) bond motifs is 1. The zero-order valence-corrected chi connectivity index (χ0v) is 16.1. The van der Waals surface area contributed by atoms with Gasteiger partial charge in [0.1, 0.15) is 0 Å². The highest BCUT2D eigenvalue weighted by molar-refractivity contribution is 7.99. The van der Waals surface area contributed by atoms with Gasteiger partial charge in [-0.15, -0.1) is 11.8 Å². The van der Waals surface area contributed by atoms with E-state index in [-0.39, 0.29) is 17.7 Å². The van der Waals surface area contributed by atoms with E-state index in [1.807, 2.05) is 35.4 Å². The Labute approximate surface area is 154 Å². The lowest BCUT2D eigenvalue weighted by atomic mass is 10.0. The number of rotatable bonds is 3. The molecule has 1 aromatic carbocycles. The van der Waals surface area contributed by atoms with Crippen LogP contribution in [0.1, 0.15) is 37.8 Å². The molecule has 0 radical (unpaired) electrons. The molecule has 0 bridgehead atoms. The summed E-state index contributed by atoms with van der Waals surface area (Å²) in [7, 11) is 0. The summed E-state index contributed by atoms with van der Waals surface area (Å²) in [5, 5.41) is 0. The highest BCUT2D eigenvalue weighted by atomic mass is 32.2. The SMILES string of the molecule is CC(C)C(=O)N1CCCN(C(=O)Cc2ccc3c(c2)CCCS3)CC1. The van der Waals surface area contributed by atoms with Crippen LogP contribution >= 0.6 is 11.8 Å². The monoisotopic (exact) mass is 360 g/mol. The van der Waals surface area contributed by atoms with Gasteiger partial charge in [0.15, 0.2) is 0 Å². The molecule has 0 unspecified atom stereocenters. The Balaban J connectivity index is 1.59. The van der Waals surface area contributed by atoms with Crippen LogP contribution in [0.4, 0.5) is 0 Å². The summed E-state index contributed by atoms with van der Waals surface area (Å²) < 4.78 is 0. The van der Waals surface area contributed by atoms with Gasteiger partial charge in [0.2, 0.25) is 11.8 Å². The van der Waals surface area contributed by atoms with Crippen LogP contribution in [0.25, 0.3) is 0 Å². The molecular formula is C20H28N2O2S. The van der Waals surface area contributed by atoms with Gasteiger partial charge in [-0.3, -0.25) is 9.59 Å². The van der Waals surface area contributed by atoms with E-state index in [0.29, 0.717) is 19.5 Å². The Morgan fingerprint density at radius 3 is 2.64 bits per heavy atom. The maximum absolute atomic E-state index is 12.7. The molecule has 5 heteroatoms. The minimum Gasteiger partial charge on any atom is -0.341 e. The average Bonchev–Trinajstić information content (AvgIpc) is 2.87. The number of amides is 2. The second-order valence-electron chi connectivity index (χ2n) is 7.29. The number of aryl methyl sites for hydroxylation is 1. The first kappa shape index (κ1) is 18.3. The van der Waals surface area contributed by atoms with Crippen LogP contribution in [-0.2, 0) is 22.4 Å². The van der Waals surface area contributed by atoms with E-state index in [1.165, 1.54) is 22.6 Å². The molecule has 0 aliphatic carbocycles. The zero-order valence-electron chi connectivity index (χ0n) is 15.3. The van der Waals surface area contributed by atoms with Crippen molar-refractivity contribution in [3.8, 4) is 0 Å². The van der Waals surface area contributed by atoms with Crippen molar-refractivity contribution in [3.63, 3.8) is 0 Å². The number of thioether (sulfide) groups is 1. The van der Waals surface area contributed by atoms with Crippen molar-refractivity contribution in [2.24, 2.45) is 5.92 Å². The lowest BCUT2D eigenvalue weighted by Gasteiger charge is -2.24. The molecule has 0 saturated carbocycles. The average molecular weight is 361 g/mol. The molecule has 0 aromatic heterocycles. The molecule has 2 aliphatic rings. The normalized spacial score (nSPS) is 18.0. The highest BCUT2D eigenvalue weighted by Crippen LogP contribution is 2.30. The molecule has 3 rings (SSSR count). The van der Waals surface area contributed by atoms with Gasteiger partial charge >= 0.3 is 0 Å². The molecule has 0 N–H and O–H groups in total. The van der Waals surface area contributed by atoms with E-state index >= 15 is 0 Å². The van der Waals surface area contributed by atoms with E-state index in [0.717, 1.165) is 31.5 Å². The lowest BCUT2D eigenvalue weighted by Crippen LogP contribution is -2.39. The van der Waals surface area contributed by atoms with Gasteiger partial charge in [0, 0.05) is 37.0 Å². The molecule has 0 atom stereocenters. The Hall–Kier alpha value is -1.49. The van der Waals surface area contributed by atoms with Crippen molar-refractivity contribution in [3.05, 3.63) is 29.3 Å². The highest BCUT2D eigenvalue weighted by Gasteiger charge is 2.23. The van der Waals surface area contributed by atoms with Crippen molar-refractivity contribution in [2.45, 2.75) is 44.4 Å². The molecule has 2 heterocycles. The number of benzene rings is 1. The van der Waals surface area contributed by atoms with Gasteiger partial charge in [-0.25, -0.2) is 0 Å². The van der Waals surface area contributed by atoms with Gasteiger partial charge < -0.3 is 9.80 Å². The Bertz CT molecular complexity index is 645. The van der Waals surface area contributed by atoms with Gasteiger partial charge in [0.25, 0.3) is 0 Å². The quantitative estimate of drug-likeness (QED) is 0.832. The smallest absolute Gasteiger partial charge is 0.227 e. The van der Waals surface area contributed by atoms with E-state index < -0.39 is 0 Å². The van der Waals surface area contributed by atoms with Crippen molar-refractivity contribution in [2.75, 3.05) is 31.9 Å². The molecular weight excluding hydrogens is 332 g/mol. The van der Waals surface area contributed by atoms with Crippen molar-refractivity contribution in [1.29, 1.82) is 0 Å². The molecule has 1 fully saturated rings. The molecule has 2 aliphatic heterocycles. The molecule has 4 nitrogen and oxygen atoms in total. The zero-order chi connectivity index (χ0) is 17.8. The minimum absolute atomic E-state index is 0.0237. The summed E-state index contributed by atoms with van der Waals surface area (Å²) in [6, 6.07) is 6.49. The Morgan fingerprint density at radius 2 is 1.84 bits per heavy atom. The number of carbonyl (C=O) groups excluding carboxylic acids is 2. The molecule has 136 valence electrons. The van der Waals surface area contributed by atoms with Gasteiger partial charge in [-0.1, -0.05) is 26.0 Å². The van der Waals surface area contributed by atoms with Crippen LogP contribution in [0.3, 0.4) is 0 Å². The van der Waals surface area contributed by atoms with E-state index in [4.69, 9.17) is 0 Å². The van der Waals surface area contributed by atoms with Crippen LogP contribution in [0.5, 0.6) is 0 Å². The first-order valence-corrected chi connectivity index (χ1v) is 10.3. The summed E-state index contributed by atoms with van der Waals surface area (Å²) in [6.45, 7) is 6.69. The van der Waals surface area contributed by atoms with Crippen molar-refractivity contribution >= 4 is 23.6 Å². The first-order valence-electron chi connectivity index (χ1n) is 9.36. The Morgan fingerprint density at radius 1 is 1.08 bits per heavy atom. The maximum Gasteiger partial charge on any atom is 0.227 e. The third-order valence-electron chi connectivity index (χ3n) is 4.98. The third kappa shape index (κ3) is 4.57. The van der Waals surface area contributed by atoms with Gasteiger partial charge in [-0.05, 0) is 42.2 Å². The van der Waals surface area contributed by atoms with Gasteiger partial charge in [-0.2, -0.15) is 0 Å². The summed E-state index contributed by atoms with van der Waals surface area (Å²) in [6.07, 6.45) is 3.68. The fourth-order valence-electron chi connectivity index (χ4n) is 3.56. The standard InChI is InChI=1S/C20H28N2O2S/c1-15(2)20(24)22-9-4-8-21(10-11-22)19(23)14-16-6-7-18-17(13-16)5-3-12-25-18/h6-7,13,15H,3-5,8-12,14H2,1-2H3. The second kappa shape index (κ2) is 8.26. The first-order chi connectivity index (χ1) is 12.0. The van der Waals surface area contributed by atoms with Crippen LogP contribution in [0.15, 0.2) is 23.1 Å². The predicted octanol–water partition coefficient (Wildman–Crippen LogP) is 2.98. The summed E-state index contributed by atoms with van der Waals surface area (Å²) in [5.74, 6) is 1.60. The van der Waals surface area contributed by atoms with E-state index in [1.54, 1.807) is 0 Å². The molecule has 1 saturated heterocycles. The van der Waals surface area contributed by atoms with Crippen LogP contribution < -0.4 is 0 Å². The molecule has 25 heavy (non-hydrogen) atoms. The molecule has 1 aromatic rings. The number of carbonyl (C=O) groups is 2. The summed E-state index contributed by atoms with van der Waals surface area (Å²) >= 11 is 1.92. The van der Waals surface area contributed by atoms with Gasteiger partial charge in [0.05, 0.1) is 6.42 Å². The minimum atomic E-state index is 0.0237. The topological polar surface area (TPSA) is 40.6 Å². The number of hydrogen-bond acceptors (Lipinski definition) is 3. The van der Waals surface area contributed by atoms with Crippen molar-refractivity contribution < 1.29 is 9.59 Å². The summed E-state index contributed by atoms with van der Waals surface area (Å²) in [4.78, 5) is 30.1. The maximum atomic E-state index is 12.7. The molecule has 2 amide bonds. The Kier molecular flexibility index (Phi) is 6.05.